The first-order valence-corrected chi connectivity index (χ1v) is 8.32. The van der Waals surface area contributed by atoms with Crippen molar-refractivity contribution in [2.75, 3.05) is 18.9 Å². The Morgan fingerprint density at radius 3 is 2.18 bits per heavy atom. The average Bonchev–Trinajstić information content (AvgIpc) is 2.47. The van der Waals surface area contributed by atoms with Gasteiger partial charge in [0.15, 0.2) is 0 Å². The highest BCUT2D eigenvalue weighted by atomic mass is 35.5. The lowest BCUT2D eigenvalue weighted by Crippen LogP contribution is -2.14. The Morgan fingerprint density at radius 2 is 1.59 bits per heavy atom. The number of hydrogen-bond donors (Lipinski definition) is 1. The van der Waals surface area contributed by atoms with Crippen molar-refractivity contribution >= 4 is 38.9 Å². The second kappa shape index (κ2) is 6.64. The second-order valence-corrected chi connectivity index (χ2v) is 6.69. The van der Waals surface area contributed by atoms with Crippen LogP contribution in [0.15, 0.2) is 41.3 Å². The van der Waals surface area contributed by atoms with Gasteiger partial charge in [-0.05, 0) is 18.2 Å². The predicted octanol–water partition coefficient (Wildman–Crippen LogP) is 3.81. The molecule has 0 aromatic heterocycles. The Bertz CT molecular complexity index is 793. The Hall–Kier alpha value is -1.63. The molecule has 0 heterocycles. The maximum atomic E-state index is 12.4. The van der Waals surface area contributed by atoms with Crippen LogP contribution in [0.2, 0.25) is 10.0 Å². The van der Waals surface area contributed by atoms with Gasteiger partial charge >= 0.3 is 0 Å². The van der Waals surface area contributed by atoms with E-state index >= 15 is 0 Å². The van der Waals surface area contributed by atoms with Gasteiger partial charge in [-0.2, -0.15) is 0 Å². The molecule has 2 rings (SSSR count). The first kappa shape index (κ1) is 16.7. The molecule has 0 aliphatic carbocycles. The smallest absolute Gasteiger partial charge is 0.263 e. The van der Waals surface area contributed by atoms with Gasteiger partial charge in [-0.3, -0.25) is 4.72 Å². The van der Waals surface area contributed by atoms with Gasteiger partial charge in [0.1, 0.15) is 16.4 Å². The molecule has 1 N–H and O–H groups in total. The fourth-order valence-corrected chi connectivity index (χ4v) is 3.62. The maximum Gasteiger partial charge on any atom is 0.263 e. The zero-order valence-electron chi connectivity index (χ0n) is 11.8. The highest BCUT2D eigenvalue weighted by Crippen LogP contribution is 2.37. The lowest BCUT2D eigenvalue weighted by atomic mass is 10.3. The molecule has 0 atom stereocenters. The predicted molar refractivity (Wildman–Crippen MR) is 86.8 cm³/mol. The molecular weight excluding hydrogens is 349 g/mol. The van der Waals surface area contributed by atoms with Crippen molar-refractivity contribution in [1.29, 1.82) is 0 Å². The van der Waals surface area contributed by atoms with Crippen LogP contribution < -0.4 is 14.2 Å². The molecule has 0 aliphatic rings. The molecule has 0 saturated heterocycles. The van der Waals surface area contributed by atoms with E-state index in [1.165, 1.54) is 38.5 Å². The molecule has 118 valence electrons. The van der Waals surface area contributed by atoms with Crippen molar-refractivity contribution in [3.05, 3.63) is 46.4 Å². The minimum atomic E-state index is -3.87. The van der Waals surface area contributed by atoms with E-state index in [9.17, 15) is 8.42 Å². The zero-order chi connectivity index (χ0) is 16.3. The van der Waals surface area contributed by atoms with E-state index < -0.39 is 10.0 Å². The van der Waals surface area contributed by atoms with E-state index in [2.05, 4.69) is 4.72 Å². The molecule has 2 aromatic rings. The van der Waals surface area contributed by atoms with Gasteiger partial charge in [0.05, 0.1) is 30.0 Å². The third-order valence-corrected chi connectivity index (χ3v) is 5.01. The van der Waals surface area contributed by atoms with Crippen LogP contribution >= 0.6 is 23.2 Å². The minimum Gasteiger partial charge on any atom is -0.495 e. The molecule has 0 bridgehead atoms. The molecule has 8 heteroatoms. The third-order valence-electron chi connectivity index (χ3n) is 2.84. The van der Waals surface area contributed by atoms with Gasteiger partial charge < -0.3 is 9.47 Å². The Morgan fingerprint density at radius 1 is 0.955 bits per heavy atom. The van der Waals surface area contributed by atoms with E-state index in [1.807, 2.05) is 0 Å². The Labute approximate surface area is 138 Å². The highest BCUT2D eigenvalue weighted by molar-refractivity contribution is 7.92. The number of sulfonamides is 1. The van der Waals surface area contributed by atoms with Crippen LogP contribution in [0.3, 0.4) is 0 Å². The van der Waals surface area contributed by atoms with Gasteiger partial charge in [-0.15, -0.1) is 0 Å². The van der Waals surface area contributed by atoms with E-state index in [-0.39, 0.29) is 26.4 Å². The third kappa shape index (κ3) is 3.40. The number of ether oxygens (including phenoxy) is 2. The van der Waals surface area contributed by atoms with Crippen molar-refractivity contribution in [2.24, 2.45) is 0 Å². The van der Waals surface area contributed by atoms with Gasteiger partial charge in [0.2, 0.25) is 0 Å². The van der Waals surface area contributed by atoms with Crippen LogP contribution in [0, 0.1) is 0 Å². The number of rotatable bonds is 5. The summed E-state index contributed by atoms with van der Waals surface area (Å²) >= 11 is 12.0. The van der Waals surface area contributed by atoms with Crippen LogP contribution in [-0.2, 0) is 10.0 Å². The summed E-state index contributed by atoms with van der Waals surface area (Å²) in [7, 11) is -1.01. The summed E-state index contributed by atoms with van der Waals surface area (Å²) in [6.07, 6.45) is 0. The monoisotopic (exact) mass is 361 g/mol. The quantitative estimate of drug-likeness (QED) is 0.879. The number of methoxy groups -OCH3 is 2. The summed E-state index contributed by atoms with van der Waals surface area (Å²) in [6.45, 7) is 0. The summed E-state index contributed by atoms with van der Waals surface area (Å²) in [5.41, 5.74) is 0.188. The van der Waals surface area contributed by atoms with Crippen molar-refractivity contribution in [3.63, 3.8) is 0 Å². The fraction of sp³-hybridized carbons (Fsp3) is 0.143. The van der Waals surface area contributed by atoms with Crippen LogP contribution in [0.5, 0.6) is 11.5 Å². The maximum absolute atomic E-state index is 12.4. The van der Waals surface area contributed by atoms with Crippen molar-refractivity contribution < 1.29 is 17.9 Å². The van der Waals surface area contributed by atoms with E-state index in [4.69, 9.17) is 32.7 Å². The van der Waals surface area contributed by atoms with Crippen LogP contribution in [-0.4, -0.2) is 22.6 Å². The molecule has 22 heavy (non-hydrogen) atoms. The Kier molecular flexibility index (Phi) is 5.05. The first-order valence-electron chi connectivity index (χ1n) is 6.08. The van der Waals surface area contributed by atoms with Crippen LogP contribution in [0.25, 0.3) is 0 Å². The van der Waals surface area contributed by atoms with E-state index in [0.29, 0.717) is 5.75 Å². The SMILES string of the molecule is COc1cc(OC)c(NS(=O)(=O)c2ccccc2Cl)cc1Cl. The zero-order valence-corrected chi connectivity index (χ0v) is 14.1. The van der Waals surface area contributed by atoms with Gasteiger partial charge in [-0.25, -0.2) is 8.42 Å². The molecule has 0 fully saturated rings. The summed E-state index contributed by atoms with van der Waals surface area (Å²) in [5, 5.41) is 0.369. The van der Waals surface area contributed by atoms with Gasteiger partial charge in [0, 0.05) is 6.07 Å². The van der Waals surface area contributed by atoms with Crippen molar-refractivity contribution in [3.8, 4) is 11.5 Å². The number of hydrogen-bond acceptors (Lipinski definition) is 4. The van der Waals surface area contributed by atoms with E-state index in [0.717, 1.165) is 0 Å². The lowest BCUT2D eigenvalue weighted by Gasteiger charge is -2.14. The molecule has 0 unspecified atom stereocenters. The fourth-order valence-electron chi connectivity index (χ4n) is 1.80. The highest BCUT2D eigenvalue weighted by Gasteiger charge is 2.20. The summed E-state index contributed by atoms with van der Waals surface area (Å²) in [6, 6.07) is 9.03. The van der Waals surface area contributed by atoms with Gasteiger partial charge in [0.25, 0.3) is 10.0 Å². The lowest BCUT2D eigenvalue weighted by molar-refractivity contribution is 0.396. The molecule has 0 amide bonds. The standard InChI is InChI=1S/C14H13Cl2NO4S/c1-20-12-8-13(21-2)11(7-10(12)16)17-22(18,19)14-6-4-3-5-9(14)15/h3-8,17H,1-2H3. The normalized spacial score (nSPS) is 11.1. The Balaban J connectivity index is 2.46. The summed E-state index contributed by atoms with van der Waals surface area (Å²) in [5.74, 6) is 0.649. The first-order chi connectivity index (χ1) is 10.4. The molecule has 0 saturated carbocycles. The molecular formula is C14H13Cl2NO4S. The van der Waals surface area contributed by atoms with Crippen molar-refractivity contribution in [1.82, 2.24) is 0 Å². The minimum absolute atomic E-state index is 0.0364. The number of nitrogens with one attached hydrogen (secondary N) is 1. The van der Waals surface area contributed by atoms with Crippen LogP contribution in [0.1, 0.15) is 0 Å². The molecule has 0 radical (unpaired) electrons. The van der Waals surface area contributed by atoms with E-state index in [1.54, 1.807) is 12.1 Å². The topological polar surface area (TPSA) is 64.6 Å². The average molecular weight is 362 g/mol. The number of anilines is 1. The summed E-state index contributed by atoms with van der Waals surface area (Å²) < 4.78 is 37.5. The number of benzene rings is 2. The molecule has 0 spiro atoms. The molecule has 5 nitrogen and oxygen atoms in total. The number of halogens is 2. The molecule has 2 aromatic carbocycles. The van der Waals surface area contributed by atoms with Crippen molar-refractivity contribution in [2.45, 2.75) is 4.90 Å². The second-order valence-electron chi connectivity index (χ2n) is 4.22. The largest absolute Gasteiger partial charge is 0.495 e. The van der Waals surface area contributed by atoms with Gasteiger partial charge in [-0.1, -0.05) is 35.3 Å². The molecule has 0 aliphatic heterocycles. The van der Waals surface area contributed by atoms with Crippen LogP contribution in [0.4, 0.5) is 5.69 Å². The summed E-state index contributed by atoms with van der Waals surface area (Å²) in [4.78, 5) is -0.0364.